The van der Waals surface area contributed by atoms with Crippen LogP contribution in [0, 0.1) is 5.82 Å². The number of likely N-dealkylation sites (N-methyl/N-ethyl adjacent to an activating group) is 1. The van der Waals surface area contributed by atoms with Crippen molar-refractivity contribution < 1.29 is 4.39 Å². The van der Waals surface area contributed by atoms with Gasteiger partial charge in [-0.2, -0.15) is 0 Å². The standard InChI is InChI=1S/C17H29FN2/c1-5-7-8-16(20(3)4)17(19,13-6-2)14-9-11-15(18)12-10-14/h9-12,16H,5-8,13,19H2,1-4H3. The monoisotopic (exact) mass is 280 g/mol. The lowest BCUT2D eigenvalue weighted by Crippen LogP contribution is -2.54. The van der Waals surface area contributed by atoms with Crippen LogP contribution in [0.25, 0.3) is 0 Å². The Kier molecular flexibility index (Phi) is 6.63. The van der Waals surface area contributed by atoms with Crippen molar-refractivity contribution in [3.63, 3.8) is 0 Å². The zero-order valence-corrected chi connectivity index (χ0v) is 13.3. The fourth-order valence-corrected chi connectivity index (χ4v) is 3.05. The lowest BCUT2D eigenvalue weighted by atomic mass is 9.77. The van der Waals surface area contributed by atoms with Crippen molar-refractivity contribution in [1.82, 2.24) is 4.90 Å². The van der Waals surface area contributed by atoms with Gasteiger partial charge in [0.1, 0.15) is 5.82 Å². The molecule has 0 radical (unpaired) electrons. The van der Waals surface area contributed by atoms with Gasteiger partial charge in [0, 0.05) is 6.04 Å². The Balaban J connectivity index is 3.12. The van der Waals surface area contributed by atoms with Gasteiger partial charge in [0.15, 0.2) is 0 Å². The molecule has 114 valence electrons. The maximum atomic E-state index is 13.2. The van der Waals surface area contributed by atoms with E-state index < -0.39 is 5.54 Å². The molecule has 0 spiro atoms. The molecule has 1 aromatic rings. The summed E-state index contributed by atoms with van der Waals surface area (Å²) < 4.78 is 13.2. The first kappa shape index (κ1) is 17.1. The molecule has 0 heterocycles. The van der Waals surface area contributed by atoms with Crippen LogP contribution in [0.1, 0.15) is 51.5 Å². The zero-order chi connectivity index (χ0) is 15.2. The average molecular weight is 280 g/mol. The molecule has 0 amide bonds. The second-order valence-electron chi connectivity index (χ2n) is 5.92. The van der Waals surface area contributed by atoms with E-state index in [0.717, 1.165) is 37.7 Å². The Bertz CT molecular complexity index is 388. The molecule has 0 bridgehead atoms. The van der Waals surface area contributed by atoms with Gasteiger partial charge in [-0.3, -0.25) is 0 Å². The molecule has 0 aromatic heterocycles. The molecule has 2 unspecified atom stereocenters. The zero-order valence-electron chi connectivity index (χ0n) is 13.3. The largest absolute Gasteiger partial charge is 0.320 e. The Morgan fingerprint density at radius 2 is 1.75 bits per heavy atom. The van der Waals surface area contributed by atoms with E-state index in [9.17, 15) is 4.39 Å². The number of benzene rings is 1. The first-order valence-electron chi connectivity index (χ1n) is 7.67. The SMILES string of the molecule is CCCCC(N(C)C)C(N)(CCC)c1ccc(F)cc1. The second-order valence-corrected chi connectivity index (χ2v) is 5.92. The van der Waals surface area contributed by atoms with E-state index in [1.165, 1.54) is 12.1 Å². The lowest BCUT2D eigenvalue weighted by Gasteiger charge is -2.42. The van der Waals surface area contributed by atoms with Crippen molar-refractivity contribution in [2.24, 2.45) is 5.73 Å². The van der Waals surface area contributed by atoms with Crippen LogP contribution >= 0.6 is 0 Å². The highest BCUT2D eigenvalue weighted by molar-refractivity contribution is 5.27. The first-order valence-corrected chi connectivity index (χ1v) is 7.67. The van der Waals surface area contributed by atoms with Gasteiger partial charge in [0.2, 0.25) is 0 Å². The summed E-state index contributed by atoms with van der Waals surface area (Å²) in [7, 11) is 4.17. The van der Waals surface area contributed by atoms with Crippen LogP contribution in [-0.4, -0.2) is 25.0 Å². The highest BCUT2D eigenvalue weighted by atomic mass is 19.1. The molecule has 20 heavy (non-hydrogen) atoms. The predicted molar refractivity (Wildman–Crippen MR) is 84.2 cm³/mol. The molecule has 0 aliphatic heterocycles. The van der Waals surface area contributed by atoms with Crippen LogP contribution in [0.4, 0.5) is 4.39 Å². The minimum atomic E-state index is -0.416. The number of halogens is 1. The topological polar surface area (TPSA) is 29.3 Å². The van der Waals surface area contributed by atoms with E-state index in [4.69, 9.17) is 5.73 Å². The van der Waals surface area contributed by atoms with Crippen molar-refractivity contribution in [2.75, 3.05) is 14.1 Å². The van der Waals surface area contributed by atoms with Crippen LogP contribution in [0.3, 0.4) is 0 Å². The number of nitrogens with two attached hydrogens (primary N) is 1. The molecular formula is C17H29FN2. The molecule has 0 aliphatic carbocycles. The molecule has 2 N–H and O–H groups in total. The van der Waals surface area contributed by atoms with E-state index >= 15 is 0 Å². The Hall–Kier alpha value is -0.930. The molecule has 2 atom stereocenters. The second kappa shape index (κ2) is 7.75. The van der Waals surface area contributed by atoms with Gasteiger partial charge >= 0.3 is 0 Å². The minimum Gasteiger partial charge on any atom is -0.320 e. The number of unbranched alkanes of at least 4 members (excludes halogenated alkanes) is 1. The van der Waals surface area contributed by atoms with E-state index in [2.05, 4.69) is 32.8 Å². The summed E-state index contributed by atoms with van der Waals surface area (Å²) in [6.45, 7) is 4.35. The number of nitrogens with zero attached hydrogens (tertiary/aromatic N) is 1. The van der Waals surface area contributed by atoms with E-state index in [-0.39, 0.29) is 11.9 Å². The van der Waals surface area contributed by atoms with Crippen molar-refractivity contribution in [2.45, 2.75) is 57.5 Å². The quantitative estimate of drug-likeness (QED) is 0.782. The van der Waals surface area contributed by atoms with Gasteiger partial charge < -0.3 is 10.6 Å². The van der Waals surface area contributed by atoms with Crippen molar-refractivity contribution in [3.05, 3.63) is 35.6 Å². The van der Waals surface area contributed by atoms with Crippen LogP contribution in [0.5, 0.6) is 0 Å². The van der Waals surface area contributed by atoms with Gasteiger partial charge in [-0.1, -0.05) is 45.2 Å². The maximum Gasteiger partial charge on any atom is 0.123 e. The minimum absolute atomic E-state index is 0.206. The molecule has 1 aromatic carbocycles. The van der Waals surface area contributed by atoms with Gasteiger partial charge in [0.25, 0.3) is 0 Å². The fourth-order valence-electron chi connectivity index (χ4n) is 3.05. The summed E-state index contributed by atoms with van der Waals surface area (Å²) in [5, 5.41) is 0. The van der Waals surface area contributed by atoms with Crippen molar-refractivity contribution in [3.8, 4) is 0 Å². The van der Waals surface area contributed by atoms with Crippen LogP contribution < -0.4 is 5.73 Å². The van der Waals surface area contributed by atoms with Gasteiger partial charge in [0.05, 0.1) is 5.54 Å². The third-order valence-electron chi connectivity index (χ3n) is 4.09. The highest BCUT2D eigenvalue weighted by Gasteiger charge is 2.36. The number of hydrogen-bond acceptors (Lipinski definition) is 2. The van der Waals surface area contributed by atoms with E-state index in [1.807, 2.05) is 12.1 Å². The highest BCUT2D eigenvalue weighted by Crippen LogP contribution is 2.32. The summed E-state index contributed by atoms with van der Waals surface area (Å²) >= 11 is 0. The molecule has 0 fully saturated rings. The Labute approximate surface area is 123 Å². The van der Waals surface area contributed by atoms with Gasteiger partial charge in [-0.05, 0) is 44.6 Å². The Morgan fingerprint density at radius 1 is 1.15 bits per heavy atom. The predicted octanol–water partition coefficient (Wildman–Crippen LogP) is 3.90. The molecular weight excluding hydrogens is 251 g/mol. The number of hydrogen-bond donors (Lipinski definition) is 1. The first-order chi connectivity index (χ1) is 9.45. The molecule has 3 heteroatoms. The molecule has 1 rings (SSSR count). The summed E-state index contributed by atoms with van der Waals surface area (Å²) in [6.07, 6.45) is 5.32. The summed E-state index contributed by atoms with van der Waals surface area (Å²) in [5.41, 5.74) is 7.42. The summed E-state index contributed by atoms with van der Waals surface area (Å²) in [6, 6.07) is 6.98. The van der Waals surface area contributed by atoms with Gasteiger partial charge in [-0.15, -0.1) is 0 Å². The van der Waals surface area contributed by atoms with Crippen LogP contribution in [0.15, 0.2) is 24.3 Å². The van der Waals surface area contributed by atoms with Gasteiger partial charge in [-0.25, -0.2) is 4.39 Å². The molecule has 0 saturated heterocycles. The molecule has 0 saturated carbocycles. The maximum absolute atomic E-state index is 13.2. The normalized spacial score (nSPS) is 16.1. The third-order valence-corrected chi connectivity index (χ3v) is 4.09. The molecule has 2 nitrogen and oxygen atoms in total. The van der Waals surface area contributed by atoms with E-state index in [0.29, 0.717) is 0 Å². The smallest absolute Gasteiger partial charge is 0.123 e. The fraction of sp³-hybridized carbons (Fsp3) is 0.647. The Morgan fingerprint density at radius 3 is 2.20 bits per heavy atom. The van der Waals surface area contributed by atoms with E-state index in [1.54, 1.807) is 0 Å². The van der Waals surface area contributed by atoms with Crippen LogP contribution in [0.2, 0.25) is 0 Å². The third kappa shape index (κ3) is 4.03. The summed E-state index contributed by atoms with van der Waals surface area (Å²) in [5.74, 6) is -0.206. The summed E-state index contributed by atoms with van der Waals surface area (Å²) in [4.78, 5) is 2.22. The van der Waals surface area contributed by atoms with Crippen LogP contribution in [-0.2, 0) is 5.54 Å². The average Bonchev–Trinajstić information content (AvgIpc) is 2.39. The lowest BCUT2D eigenvalue weighted by molar-refractivity contribution is 0.152. The van der Waals surface area contributed by atoms with Crippen molar-refractivity contribution in [1.29, 1.82) is 0 Å². The number of rotatable bonds is 8. The van der Waals surface area contributed by atoms with Crippen molar-refractivity contribution >= 4 is 0 Å². The molecule has 0 aliphatic rings.